The van der Waals surface area contributed by atoms with Gasteiger partial charge in [0.25, 0.3) is 0 Å². The second kappa shape index (κ2) is 8.56. The van der Waals surface area contributed by atoms with Gasteiger partial charge in [-0.25, -0.2) is 14.8 Å². The van der Waals surface area contributed by atoms with Gasteiger partial charge >= 0.3 is 6.03 Å². The molecule has 0 radical (unpaired) electrons. The van der Waals surface area contributed by atoms with Gasteiger partial charge in [0, 0.05) is 31.1 Å². The molecule has 10 heteroatoms. The summed E-state index contributed by atoms with van der Waals surface area (Å²) in [7, 11) is 0. The average molecular weight is 414 g/mol. The van der Waals surface area contributed by atoms with E-state index in [4.69, 9.17) is 0 Å². The highest BCUT2D eigenvalue weighted by atomic mass is 32.1. The molecule has 2 N–H and O–H groups in total. The maximum absolute atomic E-state index is 12.8. The summed E-state index contributed by atoms with van der Waals surface area (Å²) in [6, 6.07) is 5.31. The molecule has 0 aliphatic carbocycles. The molecule has 2 fully saturated rings. The van der Waals surface area contributed by atoms with Gasteiger partial charge in [0.05, 0.1) is 18.3 Å². The van der Waals surface area contributed by atoms with Gasteiger partial charge in [0.1, 0.15) is 5.82 Å². The molecule has 2 aliphatic rings. The van der Waals surface area contributed by atoms with Crippen molar-refractivity contribution in [2.24, 2.45) is 0 Å². The van der Waals surface area contributed by atoms with E-state index >= 15 is 0 Å². The van der Waals surface area contributed by atoms with Gasteiger partial charge in [-0.05, 0) is 31.4 Å². The highest BCUT2D eigenvalue weighted by Crippen LogP contribution is 2.32. The number of nitrogens with one attached hydrogen (secondary N) is 2. The molecule has 1 unspecified atom stereocenters. The first kappa shape index (κ1) is 19.3. The van der Waals surface area contributed by atoms with Crippen molar-refractivity contribution >= 4 is 40.1 Å². The molecule has 2 aliphatic heterocycles. The van der Waals surface area contributed by atoms with Crippen LogP contribution in [0.15, 0.2) is 29.8 Å². The normalized spacial score (nSPS) is 19.0. The number of hydrogen-bond donors (Lipinski definition) is 2. The number of anilines is 2. The molecule has 2 aromatic rings. The van der Waals surface area contributed by atoms with Crippen LogP contribution in [0.1, 0.15) is 37.4 Å². The third-order valence-electron chi connectivity index (χ3n) is 5.06. The number of carbonyl (C=O) groups is 3. The first-order valence-corrected chi connectivity index (χ1v) is 10.5. The van der Waals surface area contributed by atoms with Gasteiger partial charge in [-0.15, -0.1) is 11.3 Å². The van der Waals surface area contributed by atoms with Crippen LogP contribution in [-0.4, -0.2) is 57.2 Å². The van der Waals surface area contributed by atoms with E-state index in [-0.39, 0.29) is 37.0 Å². The Hall–Kier alpha value is -3.01. The molecule has 9 nitrogen and oxygen atoms in total. The lowest BCUT2D eigenvalue weighted by molar-refractivity contribution is -0.133. The monoisotopic (exact) mass is 414 g/mol. The standard InChI is InChI=1S/C19H22N6O3S/c26-16(7-3-10-25-17(27)12-21-19(25)28)24-9-2-5-14(24)13-4-1-6-15(22-13)23-18-20-8-11-29-18/h1,4,6,8,11,14H,2-3,5,7,9-10,12H2,(H,21,28)(H,20,22,23). The molecule has 152 valence electrons. The average Bonchev–Trinajstić information content (AvgIpc) is 3.46. The van der Waals surface area contributed by atoms with Crippen LogP contribution in [0, 0.1) is 0 Å². The Morgan fingerprint density at radius 2 is 2.24 bits per heavy atom. The number of imide groups is 1. The second-order valence-electron chi connectivity index (χ2n) is 6.96. The zero-order valence-corrected chi connectivity index (χ0v) is 16.7. The van der Waals surface area contributed by atoms with Gasteiger partial charge in [-0.3, -0.25) is 14.5 Å². The Kier molecular flexibility index (Phi) is 5.70. The summed E-state index contributed by atoms with van der Waals surface area (Å²) in [5.41, 5.74) is 0.853. The summed E-state index contributed by atoms with van der Waals surface area (Å²) < 4.78 is 0. The fraction of sp³-hybridized carbons (Fsp3) is 0.421. The number of urea groups is 1. The molecule has 4 heterocycles. The van der Waals surface area contributed by atoms with Crippen molar-refractivity contribution in [2.45, 2.75) is 31.7 Å². The van der Waals surface area contributed by atoms with E-state index in [2.05, 4.69) is 20.6 Å². The Bertz CT molecular complexity index is 887. The van der Waals surface area contributed by atoms with Crippen LogP contribution in [0.5, 0.6) is 0 Å². The van der Waals surface area contributed by atoms with Crippen molar-refractivity contribution in [3.63, 3.8) is 0 Å². The van der Waals surface area contributed by atoms with E-state index in [1.165, 1.54) is 16.2 Å². The molecule has 2 aromatic heterocycles. The predicted molar refractivity (Wildman–Crippen MR) is 108 cm³/mol. The molecule has 4 rings (SSSR count). The van der Waals surface area contributed by atoms with Crippen LogP contribution in [0.2, 0.25) is 0 Å². The van der Waals surface area contributed by atoms with Crippen molar-refractivity contribution in [1.29, 1.82) is 0 Å². The lowest BCUT2D eigenvalue weighted by atomic mass is 10.1. The number of carbonyl (C=O) groups excluding carboxylic acids is 3. The summed E-state index contributed by atoms with van der Waals surface area (Å²) in [6.07, 6.45) is 4.28. The smallest absolute Gasteiger partial charge is 0.324 e. The largest absolute Gasteiger partial charge is 0.334 e. The highest BCUT2D eigenvalue weighted by Gasteiger charge is 2.32. The van der Waals surface area contributed by atoms with Crippen LogP contribution in [-0.2, 0) is 9.59 Å². The van der Waals surface area contributed by atoms with E-state index in [1.807, 2.05) is 28.5 Å². The first-order valence-electron chi connectivity index (χ1n) is 9.63. The maximum atomic E-state index is 12.8. The van der Waals surface area contributed by atoms with Gasteiger partial charge in [-0.2, -0.15) is 0 Å². The van der Waals surface area contributed by atoms with Crippen molar-refractivity contribution in [2.75, 3.05) is 25.0 Å². The molecule has 0 saturated carbocycles. The Morgan fingerprint density at radius 1 is 1.34 bits per heavy atom. The van der Waals surface area contributed by atoms with E-state index in [0.717, 1.165) is 23.7 Å². The van der Waals surface area contributed by atoms with Crippen molar-refractivity contribution in [3.8, 4) is 0 Å². The maximum Gasteiger partial charge on any atom is 0.324 e. The molecular formula is C19H22N6O3S. The number of nitrogens with zero attached hydrogens (tertiary/aromatic N) is 4. The lowest BCUT2D eigenvalue weighted by Crippen LogP contribution is -2.34. The predicted octanol–water partition coefficient (Wildman–Crippen LogP) is 2.28. The van der Waals surface area contributed by atoms with Crippen LogP contribution >= 0.6 is 11.3 Å². The minimum atomic E-state index is -0.379. The molecule has 0 bridgehead atoms. The van der Waals surface area contributed by atoms with Crippen LogP contribution in [0.25, 0.3) is 0 Å². The number of rotatable bonds is 7. The Balaban J connectivity index is 1.36. The van der Waals surface area contributed by atoms with Crippen LogP contribution in [0.4, 0.5) is 15.7 Å². The fourth-order valence-corrected chi connectivity index (χ4v) is 4.22. The zero-order chi connectivity index (χ0) is 20.2. The summed E-state index contributed by atoms with van der Waals surface area (Å²) in [6.45, 7) is 0.997. The Labute approximate surface area is 172 Å². The summed E-state index contributed by atoms with van der Waals surface area (Å²) in [5.74, 6) is 0.491. The minimum absolute atomic E-state index is 0.0274. The molecule has 2 saturated heterocycles. The minimum Gasteiger partial charge on any atom is -0.334 e. The number of amides is 4. The quantitative estimate of drug-likeness (QED) is 0.673. The fourth-order valence-electron chi connectivity index (χ4n) is 3.69. The topological polar surface area (TPSA) is 108 Å². The first-order chi connectivity index (χ1) is 14.1. The van der Waals surface area contributed by atoms with Crippen LogP contribution < -0.4 is 10.6 Å². The van der Waals surface area contributed by atoms with E-state index < -0.39 is 0 Å². The second-order valence-corrected chi connectivity index (χ2v) is 7.86. The third kappa shape index (κ3) is 4.37. The molecule has 4 amide bonds. The van der Waals surface area contributed by atoms with Crippen molar-refractivity contribution < 1.29 is 14.4 Å². The molecule has 0 aromatic carbocycles. The highest BCUT2D eigenvalue weighted by molar-refractivity contribution is 7.13. The molecular weight excluding hydrogens is 392 g/mol. The van der Waals surface area contributed by atoms with Gasteiger partial charge in [0.15, 0.2) is 5.13 Å². The van der Waals surface area contributed by atoms with Crippen LogP contribution in [0.3, 0.4) is 0 Å². The Morgan fingerprint density at radius 3 is 3.00 bits per heavy atom. The molecule has 29 heavy (non-hydrogen) atoms. The van der Waals surface area contributed by atoms with Gasteiger partial charge in [0.2, 0.25) is 11.8 Å². The summed E-state index contributed by atoms with van der Waals surface area (Å²) >= 11 is 1.50. The summed E-state index contributed by atoms with van der Waals surface area (Å²) in [5, 5.41) is 8.33. The van der Waals surface area contributed by atoms with E-state index in [1.54, 1.807) is 6.20 Å². The number of likely N-dealkylation sites (tertiary alicyclic amines) is 1. The van der Waals surface area contributed by atoms with Gasteiger partial charge < -0.3 is 15.5 Å². The van der Waals surface area contributed by atoms with Crippen molar-refractivity contribution in [3.05, 3.63) is 35.5 Å². The summed E-state index contributed by atoms with van der Waals surface area (Å²) in [4.78, 5) is 47.9. The number of aromatic nitrogens is 2. The number of thiazole rings is 1. The van der Waals surface area contributed by atoms with E-state index in [0.29, 0.717) is 25.2 Å². The van der Waals surface area contributed by atoms with Gasteiger partial charge in [-0.1, -0.05) is 6.07 Å². The molecule has 1 atom stereocenters. The number of pyridine rings is 1. The SMILES string of the molecule is O=C1CNC(=O)N1CCCC(=O)N1CCCC1c1cccc(Nc2nccs2)n1. The zero-order valence-electron chi connectivity index (χ0n) is 15.8. The molecule has 0 spiro atoms. The van der Waals surface area contributed by atoms with Crippen molar-refractivity contribution in [1.82, 2.24) is 25.1 Å². The third-order valence-corrected chi connectivity index (χ3v) is 5.75. The van der Waals surface area contributed by atoms with E-state index in [9.17, 15) is 14.4 Å². The number of hydrogen-bond acceptors (Lipinski definition) is 7. The lowest BCUT2D eigenvalue weighted by Gasteiger charge is -2.25.